The summed E-state index contributed by atoms with van der Waals surface area (Å²) < 4.78 is 0. The van der Waals surface area contributed by atoms with Crippen LogP contribution in [0.15, 0.2) is 18.2 Å². The Kier molecular flexibility index (Phi) is 3.77. The zero-order valence-electron chi connectivity index (χ0n) is 13.4. The number of benzene rings is 1. The zero-order valence-corrected chi connectivity index (χ0v) is 13.4. The Bertz CT molecular complexity index is 580. The summed E-state index contributed by atoms with van der Waals surface area (Å²) >= 11 is 0. The van der Waals surface area contributed by atoms with Crippen LogP contribution < -0.4 is 4.90 Å². The lowest BCUT2D eigenvalue weighted by Gasteiger charge is -2.35. The van der Waals surface area contributed by atoms with E-state index in [1.807, 2.05) is 6.07 Å². The molecule has 1 saturated heterocycles. The van der Waals surface area contributed by atoms with E-state index in [1.54, 1.807) is 26.0 Å². The number of Topliss-reactive ketones (excluding diaryl/α,β-unsaturated/α-hetero) is 1. The summed E-state index contributed by atoms with van der Waals surface area (Å²) in [6.45, 7) is 4.76. The van der Waals surface area contributed by atoms with E-state index in [2.05, 4.69) is 4.90 Å². The molecule has 0 amide bonds. The van der Waals surface area contributed by atoms with Gasteiger partial charge in [0, 0.05) is 24.3 Å². The molecule has 22 heavy (non-hydrogen) atoms. The number of piperidine rings is 1. The van der Waals surface area contributed by atoms with E-state index in [9.17, 15) is 15.0 Å². The van der Waals surface area contributed by atoms with E-state index >= 15 is 0 Å². The number of carbonyl (C=O) groups is 1. The molecule has 1 atom stereocenters. The van der Waals surface area contributed by atoms with Crippen LogP contribution >= 0.6 is 0 Å². The number of ketones is 1. The van der Waals surface area contributed by atoms with E-state index in [-0.39, 0.29) is 12.4 Å². The quantitative estimate of drug-likeness (QED) is 0.839. The average molecular weight is 303 g/mol. The molecule has 0 aromatic heterocycles. The standard InChI is InChI=1S/C18H25NO3/c1-13(21)15-4-3-14(17(2,22)12-20)11-16(15)19-9-7-18(5-6-18)8-10-19/h3-4,11,20,22H,5-10,12H2,1-2H3. The minimum absolute atomic E-state index is 0.0388. The number of hydrogen-bond donors (Lipinski definition) is 2. The van der Waals surface area contributed by atoms with Crippen LogP contribution in [0, 0.1) is 5.41 Å². The minimum atomic E-state index is -1.28. The fraction of sp³-hybridized carbons (Fsp3) is 0.611. The molecule has 2 fully saturated rings. The molecular weight excluding hydrogens is 278 g/mol. The first-order valence-corrected chi connectivity index (χ1v) is 8.11. The number of nitrogens with zero attached hydrogens (tertiary/aromatic N) is 1. The number of rotatable bonds is 4. The molecule has 1 saturated carbocycles. The Balaban J connectivity index is 1.92. The van der Waals surface area contributed by atoms with Gasteiger partial charge < -0.3 is 15.1 Å². The molecule has 1 heterocycles. The van der Waals surface area contributed by atoms with Crippen molar-refractivity contribution in [3.05, 3.63) is 29.3 Å². The molecule has 1 unspecified atom stereocenters. The maximum atomic E-state index is 11.9. The SMILES string of the molecule is CC(=O)c1ccc(C(C)(O)CO)cc1N1CCC2(CC1)CC2. The smallest absolute Gasteiger partial charge is 0.161 e. The van der Waals surface area contributed by atoms with E-state index < -0.39 is 5.60 Å². The monoisotopic (exact) mass is 303 g/mol. The van der Waals surface area contributed by atoms with Gasteiger partial charge in [-0.2, -0.15) is 0 Å². The molecule has 1 aliphatic heterocycles. The van der Waals surface area contributed by atoms with E-state index in [1.165, 1.54) is 25.7 Å². The summed E-state index contributed by atoms with van der Waals surface area (Å²) in [4.78, 5) is 14.2. The molecule has 4 heteroatoms. The highest BCUT2D eigenvalue weighted by Crippen LogP contribution is 2.54. The molecule has 0 bridgehead atoms. The van der Waals surface area contributed by atoms with Crippen LogP contribution in [0.1, 0.15) is 55.5 Å². The minimum Gasteiger partial charge on any atom is -0.393 e. The second kappa shape index (κ2) is 5.36. The molecule has 1 aromatic rings. The summed E-state index contributed by atoms with van der Waals surface area (Å²) in [7, 11) is 0. The highest BCUT2D eigenvalue weighted by atomic mass is 16.3. The third-order valence-electron chi connectivity index (χ3n) is 5.43. The number of aliphatic hydroxyl groups excluding tert-OH is 1. The van der Waals surface area contributed by atoms with E-state index in [4.69, 9.17) is 0 Å². The Morgan fingerprint density at radius 2 is 1.91 bits per heavy atom. The highest BCUT2D eigenvalue weighted by Gasteiger charge is 2.44. The summed E-state index contributed by atoms with van der Waals surface area (Å²) in [6.07, 6.45) is 5.06. The summed E-state index contributed by atoms with van der Waals surface area (Å²) in [5, 5.41) is 19.7. The summed E-state index contributed by atoms with van der Waals surface area (Å²) in [5.41, 5.74) is 1.55. The van der Waals surface area contributed by atoms with Crippen LogP contribution in [0.25, 0.3) is 0 Å². The molecule has 1 aliphatic carbocycles. The van der Waals surface area contributed by atoms with Crippen molar-refractivity contribution in [2.75, 3.05) is 24.6 Å². The maximum absolute atomic E-state index is 11.9. The average Bonchev–Trinajstić information content (AvgIpc) is 3.26. The largest absolute Gasteiger partial charge is 0.393 e. The van der Waals surface area contributed by atoms with Gasteiger partial charge in [-0.3, -0.25) is 4.79 Å². The number of carbonyl (C=O) groups excluding carboxylic acids is 1. The zero-order chi connectivity index (χ0) is 16.0. The normalized spacial score (nSPS) is 22.5. The second-order valence-corrected chi connectivity index (χ2v) is 7.21. The van der Waals surface area contributed by atoms with Gasteiger partial charge in [0.1, 0.15) is 5.60 Å². The highest BCUT2D eigenvalue weighted by molar-refractivity contribution is 6.00. The third-order valence-corrected chi connectivity index (χ3v) is 5.43. The van der Waals surface area contributed by atoms with E-state index in [0.29, 0.717) is 16.5 Å². The predicted molar refractivity (Wildman–Crippen MR) is 86.2 cm³/mol. The van der Waals surface area contributed by atoms with Gasteiger partial charge in [-0.15, -0.1) is 0 Å². The van der Waals surface area contributed by atoms with Gasteiger partial charge in [0.15, 0.2) is 5.78 Å². The van der Waals surface area contributed by atoms with Crippen LogP contribution in [0.5, 0.6) is 0 Å². The lowest BCUT2D eigenvalue weighted by Crippen LogP contribution is -2.36. The third kappa shape index (κ3) is 2.77. The van der Waals surface area contributed by atoms with Crippen molar-refractivity contribution in [3.63, 3.8) is 0 Å². The van der Waals surface area contributed by atoms with Gasteiger partial charge in [-0.05, 0) is 62.6 Å². The van der Waals surface area contributed by atoms with Crippen molar-refractivity contribution in [2.24, 2.45) is 5.41 Å². The fourth-order valence-electron chi connectivity index (χ4n) is 3.42. The Labute approximate surface area is 131 Å². The van der Waals surface area contributed by atoms with Gasteiger partial charge in [-0.1, -0.05) is 6.07 Å². The lowest BCUT2D eigenvalue weighted by atomic mass is 9.90. The van der Waals surface area contributed by atoms with Gasteiger partial charge in [-0.25, -0.2) is 0 Å². The van der Waals surface area contributed by atoms with Crippen molar-refractivity contribution in [1.82, 2.24) is 0 Å². The van der Waals surface area contributed by atoms with E-state index in [0.717, 1.165) is 18.8 Å². The molecule has 0 radical (unpaired) electrons. The second-order valence-electron chi connectivity index (χ2n) is 7.21. The Hall–Kier alpha value is -1.39. The van der Waals surface area contributed by atoms with Crippen LogP contribution in [0.3, 0.4) is 0 Å². The molecule has 1 aromatic carbocycles. The lowest BCUT2D eigenvalue weighted by molar-refractivity contribution is -0.00227. The van der Waals surface area contributed by atoms with Crippen LogP contribution in [-0.4, -0.2) is 35.7 Å². The molecule has 1 spiro atoms. The first-order valence-electron chi connectivity index (χ1n) is 8.11. The maximum Gasteiger partial charge on any atom is 0.161 e. The van der Waals surface area contributed by atoms with Crippen molar-refractivity contribution in [2.45, 2.75) is 45.1 Å². The molecule has 120 valence electrons. The first-order chi connectivity index (χ1) is 10.4. The Morgan fingerprint density at radius 3 is 2.41 bits per heavy atom. The van der Waals surface area contributed by atoms with Crippen molar-refractivity contribution < 1.29 is 15.0 Å². The fourth-order valence-corrected chi connectivity index (χ4v) is 3.42. The number of aliphatic hydroxyl groups is 2. The van der Waals surface area contributed by atoms with Crippen LogP contribution in [-0.2, 0) is 5.60 Å². The van der Waals surface area contributed by atoms with Crippen molar-refractivity contribution >= 4 is 11.5 Å². The Morgan fingerprint density at radius 1 is 1.27 bits per heavy atom. The summed E-state index contributed by atoms with van der Waals surface area (Å²) in [5.74, 6) is 0.0388. The topological polar surface area (TPSA) is 60.8 Å². The van der Waals surface area contributed by atoms with Gasteiger partial charge in [0.05, 0.1) is 6.61 Å². The predicted octanol–water partition coefficient (Wildman–Crippen LogP) is 2.47. The van der Waals surface area contributed by atoms with Crippen LogP contribution in [0.2, 0.25) is 0 Å². The van der Waals surface area contributed by atoms with Crippen LogP contribution in [0.4, 0.5) is 5.69 Å². The molecular formula is C18H25NO3. The first kappa shape index (κ1) is 15.5. The van der Waals surface area contributed by atoms with Gasteiger partial charge >= 0.3 is 0 Å². The van der Waals surface area contributed by atoms with Gasteiger partial charge in [0.25, 0.3) is 0 Å². The van der Waals surface area contributed by atoms with Gasteiger partial charge in [0.2, 0.25) is 0 Å². The van der Waals surface area contributed by atoms with Crippen molar-refractivity contribution in [3.8, 4) is 0 Å². The van der Waals surface area contributed by atoms with Crippen molar-refractivity contribution in [1.29, 1.82) is 0 Å². The number of hydrogen-bond acceptors (Lipinski definition) is 4. The summed E-state index contributed by atoms with van der Waals surface area (Å²) in [6, 6.07) is 5.39. The molecule has 2 N–H and O–H groups in total. The molecule has 3 rings (SSSR count). The number of anilines is 1. The molecule has 4 nitrogen and oxygen atoms in total. The molecule has 2 aliphatic rings.